The molecule has 0 fully saturated rings. The summed E-state index contributed by atoms with van der Waals surface area (Å²) < 4.78 is 5.42. The van der Waals surface area contributed by atoms with Gasteiger partial charge in [-0.3, -0.25) is 0 Å². The fourth-order valence-corrected chi connectivity index (χ4v) is 1.63. The molecule has 0 saturated carbocycles. The molecule has 1 heterocycles. The number of rotatable bonds is 7. The zero-order valence-electron chi connectivity index (χ0n) is 10.9. The summed E-state index contributed by atoms with van der Waals surface area (Å²) in [5.74, 6) is 2.29. The van der Waals surface area contributed by atoms with Gasteiger partial charge in [-0.15, -0.1) is 0 Å². The van der Waals surface area contributed by atoms with Crippen LogP contribution in [0.3, 0.4) is 0 Å². The lowest BCUT2D eigenvalue weighted by Gasteiger charge is -2.22. The molecular weight excluding hydrogens is 216 g/mol. The molecule has 0 bridgehead atoms. The molecule has 5 heteroatoms. The smallest absolute Gasteiger partial charge is 0.218 e. The molecule has 96 valence electrons. The van der Waals surface area contributed by atoms with E-state index >= 15 is 0 Å². The minimum atomic E-state index is 0.616. The maximum absolute atomic E-state index is 5.53. The zero-order valence-corrected chi connectivity index (χ0v) is 10.9. The number of anilines is 1. The van der Waals surface area contributed by atoms with Crippen LogP contribution in [-0.2, 0) is 0 Å². The Morgan fingerprint density at radius 2 is 2.12 bits per heavy atom. The highest BCUT2D eigenvalue weighted by Crippen LogP contribution is 2.17. The van der Waals surface area contributed by atoms with Crippen LogP contribution in [0.5, 0.6) is 5.88 Å². The lowest BCUT2D eigenvalue weighted by atomic mass is 10.3. The van der Waals surface area contributed by atoms with Crippen molar-refractivity contribution in [2.75, 3.05) is 31.1 Å². The molecule has 1 rings (SSSR count). The lowest BCUT2D eigenvalue weighted by molar-refractivity contribution is 0.325. The van der Waals surface area contributed by atoms with Gasteiger partial charge in [-0.05, 0) is 33.7 Å². The molecule has 17 heavy (non-hydrogen) atoms. The van der Waals surface area contributed by atoms with E-state index in [1.165, 1.54) is 0 Å². The monoisotopic (exact) mass is 238 g/mol. The molecule has 2 N–H and O–H groups in total. The van der Waals surface area contributed by atoms with Crippen molar-refractivity contribution in [1.29, 1.82) is 0 Å². The quantitative estimate of drug-likeness (QED) is 0.777. The Morgan fingerprint density at radius 3 is 2.71 bits per heavy atom. The molecule has 0 amide bonds. The second-order valence-corrected chi connectivity index (χ2v) is 3.77. The normalized spacial score (nSPS) is 10.4. The van der Waals surface area contributed by atoms with Crippen LogP contribution < -0.4 is 15.4 Å². The largest absolute Gasteiger partial charge is 0.478 e. The van der Waals surface area contributed by atoms with E-state index in [9.17, 15) is 0 Å². The average Bonchev–Trinajstić information content (AvgIpc) is 2.30. The number of nitrogens with zero attached hydrogens (tertiary/aromatic N) is 3. The van der Waals surface area contributed by atoms with Gasteiger partial charge in [-0.2, -0.15) is 4.98 Å². The van der Waals surface area contributed by atoms with Gasteiger partial charge in [0, 0.05) is 19.2 Å². The Balaban J connectivity index is 2.85. The van der Waals surface area contributed by atoms with Crippen LogP contribution in [0.25, 0.3) is 0 Å². The summed E-state index contributed by atoms with van der Waals surface area (Å²) in [5.41, 5.74) is 5.53. The molecule has 0 aromatic carbocycles. The zero-order chi connectivity index (χ0) is 12.7. The molecule has 1 aromatic heterocycles. The van der Waals surface area contributed by atoms with Gasteiger partial charge in [-0.25, -0.2) is 4.98 Å². The molecule has 0 spiro atoms. The molecule has 1 aromatic rings. The van der Waals surface area contributed by atoms with Gasteiger partial charge in [0.1, 0.15) is 11.6 Å². The fraction of sp³-hybridized carbons (Fsp3) is 0.667. The summed E-state index contributed by atoms with van der Waals surface area (Å²) >= 11 is 0. The molecule has 0 unspecified atom stereocenters. The Hall–Kier alpha value is -1.36. The standard InChI is InChI=1S/C12H22N4O/c1-4-16(8-6-7-13)11-9-12(17-5-2)15-10(3)14-11/h9H,4-8,13H2,1-3H3. The summed E-state index contributed by atoms with van der Waals surface area (Å²) in [5, 5.41) is 0. The summed E-state index contributed by atoms with van der Waals surface area (Å²) in [6, 6.07) is 1.89. The van der Waals surface area contributed by atoms with Crippen molar-refractivity contribution in [3.8, 4) is 5.88 Å². The highest BCUT2D eigenvalue weighted by atomic mass is 16.5. The van der Waals surface area contributed by atoms with Crippen LogP contribution in [-0.4, -0.2) is 36.2 Å². The first-order valence-electron chi connectivity index (χ1n) is 6.14. The maximum atomic E-state index is 5.53. The molecule has 0 aliphatic rings. The number of aryl methyl sites for hydroxylation is 1. The van der Waals surface area contributed by atoms with E-state index in [0.29, 0.717) is 19.0 Å². The topological polar surface area (TPSA) is 64.3 Å². The minimum Gasteiger partial charge on any atom is -0.478 e. The van der Waals surface area contributed by atoms with Crippen LogP contribution >= 0.6 is 0 Å². The van der Waals surface area contributed by atoms with Gasteiger partial charge in [0.05, 0.1) is 6.61 Å². The number of nitrogens with two attached hydrogens (primary N) is 1. The van der Waals surface area contributed by atoms with E-state index in [1.54, 1.807) is 0 Å². The van der Waals surface area contributed by atoms with Crippen LogP contribution in [0.2, 0.25) is 0 Å². The van der Waals surface area contributed by atoms with Gasteiger partial charge in [0.15, 0.2) is 0 Å². The minimum absolute atomic E-state index is 0.616. The number of hydrogen-bond donors (Lipinski definition) is 1. The van der Waals surface area contributed by atoms with Gasteiger partial charge < -0.3 is 15.4 Å². The molecule has 0 atom stereocenters. The Bertz CT molecular complexity index is 343. The fourth-order valence-electron chi connectivity index (χ4n) is 1.63. The van der Waals surface area contributed by atoms with E-state index in [0.717, 1.165) is 31.2 Å². The number of aromatic nitrogens is 2. The molecular formula is C12H22N4O. The number of ether oxygens (including phenoxy) is 1. The number of hydrogen-bond acceptors (Lipinski definition) is 5. The third kappa shape index (κ3) is 4.19. The Labute approximate surface area is 103 Å². The summed E-state index contributed by atoms with van der Waals surface area (Å²) in [6.07, 6.45) is 0.959. The average molecular weight is 238 g/mol. The Morgan fingerprint density at radius 1 is 1.35 bits per heavy atom. The highest BCUT2D eigenvalue weighted by molar-refractivity contribution is 5.41. The first-order valence-corrected chi connectivity index (χ1v) is 6.14. The SMILES string of the molecule is CCOc1cc(N(CC)CCCN)nc(C)n1. The van der Waals surface area contributed by atoms with Crippen molar-refractivity contribution in [2.24, 2.45) is 5.73 Å². The molecule has 0 saturated heterocycles. The van der Waals surface area contributed by atoms with Gasteiger partial charge in [-0.1, -0.05) is 0 Å². The van der Waals surface area contributed by atoms with Crippen molar-refractivity contribution >= 4 is 5.82 Å². The summed E-state index contributed by atoms with van der Waals surface area (Å²) in [7, 11) is 0. The van der Waals surface area contributed by atoms with Gasteiger partial charge in [0.2, 0.25) is 5.88 Å². The van der Waals surface area contributed by atoms with Crippen LogP contribution in [0, 0.1) is 6.92 Å². The second-order valence-electron chi connectivity index (χ2n) is 3.77. The van der Waals surface area contributed by atoms with Crippen LogP contribution in [0.1, 0.15) is 26.1 Å². The highest BCUT2D eigenvalue weighted by Gasteiger charge is 2.08. The van der Waals surface area contributed by atoms with E-state index in [2.05, 4.69) is 21.8 Å². The molecule has 0 radical (unpaired) electrons. The lowest BCUT2D eigenvalue weighted by Crippen LogP contribution is -2.27. The van der Waals surface area contributed by atoms with Crippen molar-refractivity contribution in [3.05, 3.63) is 11.9 Å². The molecule has 0 aliphatic heterocycles. The predicted octanol–water partition coefficient (Wildman–Crippen LogP) is 1.36. The molecule has 0 aliphatic carbocycles. The van der Waals surface area contributed by atoms with Crippen molar-refractivity contribution in [3.63, 3.8) is 0 Å². The van der Waals surface area contributed by atoms with Crippen molar-refractivity contribution in [1.82, 2.24) is 9.97 Å². The summed E-state index contributed by atoms with van der Waals surface area (Å²) in [6.45, 7) is 9.06. The van der Waals surface area contributed by atoms with Crippen molar-refractivity contribution < 1.29 is 4.74 Å². The van der Waals surface area contributed by atoms with E-state index < -0.39 is 0 Å². The van der Waals surface area contributed by atoms with Crippen LogP contribution in [0.15, 0.2) is 6.07 Å². The van der Waals surface area contributed by atoms with E-state index in [1.807, 2.05) is 19.9 Å². The Kier molecular flexibility index (Phi) is 5.69. The van der Waals surface area contributed by atoms with Crippen molar-refractivity contribution in [2.45, 2.75) is 27.2 Å². The van der Waals surface area contributed by atoms with E-state index in [-0.39, 0.29) is 0 Å². The molecule has 5 nitrogen and oxygen atoms in total. The first-order chi connectivity index (χ1) is 8.21. The third-order valence-corrected chi connectivity index (χ3v) is 2.43. The first kappa shape index (κ1) is 13.7. The second kappa shape index (κ2) is 7.06. The van der Waals surface area contributed by atoms with Gasteiger partial charge >= 0.3 is 0 Å². The predicted molar refractivity (Wildman–Crippen MR) is 69.5 cm³/mol. The summed E-state index contributed by atoms with van der Waals surface area (Å²) in [4.78, 5) is 10.9. The third-order valence-electron chi connectivity index (χ3n) is 2.43. The van der Waals surface area contributed by atoms with E-state index in [4.69, 9.17) is 10.5 Å². The maximum Gasteiger partial charge on any atom is 0.218 e. The van der Waals surface area contributed by atoms with Gasteiger partial charge in [0.25, 0.3) is 0 Å². The van der Waals surface area contributed by atoms with Crippen LogP contribution in [0.4, 0.5) is 5.82 Å².